The highest BCUT2D eigenvalue weighted by molar-refractivity contribution is 7.10. The molecule has 1 aliphatic carbocycles. The van der Waals surface area contributed by atoms with E-state index in [0.717, 1.165) is 45.5 Å². The summed E-state index contributed by atoms with van der Waals surface area (Å²) >= 11 is 1.67. The summed E-state index contributed by atoms with van der Waals surface area (Å²) in [5.74, 6) is -0.850. The molecule has 2 heterocycles. The Morgan fingerprint density at radius 2 is 2.07 bits per heavy atom. The number of hydrogen-bond acceptors (Lipinski definition) is 5. The number of rotatable bonds is 6. The molecule has 3 aromatic rings. The van der Waals surface area contributed by atoms with Crippen LogP contribution in [0.1, 0.15) is 32.9 Å². The number of fused-ring (bicyclic) bond motifs is 2. The van der Waals surface area contributed by atoms with E-state index in [1.54, 1.807) is 17.4 Å². The summed E-state index contributed by atoms with van der Waals surface area (Å²) in [5.41, 5.74) is 4.11. The molecule has 0 fully saturated rings. The van der Waals surface area contributed by atoms with Crippen molar-refractivity contribution < 1.29 is 14.3 Å². The number of aromatic nitrogens is 1. The molecule has 0 aliphatic heterocycles. The predicted molar refractivity (Wildman–Crippen MR) is 116 cm³/mol. The van der Waals surface area contributed by atoms with Crippen molar-refractivity contribution in [1.29, 1.82) is 0 Å². The molecule has 4 rings (SSSR count). The van der Waals surface area contributed by atoms with Crippen LogP contribution in [0.15, 0.2) is 54.4 Å². The summed E-state index contributed by atoms with van der Waals surface area (Å²) in [6.45, 7) is 3.56. The molecule has 29 heavy (non-hydrogen) atoms. The van der Waals surface area contributed by atoms with Gasteiger partial charge < -0.3 is 10.1 Å². The Hall–Kier alpha value is -3.25. The number of ether oxygens (including phenoxy) is 1. The zero-order chi connectivity index (χ0) is 20.2. The normalized spacial score (nSPS) is 14.0. The third-order valence-corrected chi connectivity index (χ3v) is 5.60. The highest BCUT2D eigenvalue weighted by Crippen LogP contribution is 2.38. The fourth-order valence-electron chi connectivity index (χ4n) is 3.50. The van der Waals surface area contributed by atoms with Gasteiger partial charge in [0.1, 0.15) is 0 Å². The van der Waals surface area contributed by atoms with Crippen LogP contribution in [0.25, 0.3) is 22.6 Å². The molecule has 0 spiro atoms. The summed E-state index contributed by atoms with van der Waals surface area (Å²) in [4.78, 5) is 30.8. The van der Waals surface area contributed by atoms with Crippen LogP contribution < -0.4 is 5.32 Å². The first-order valence-electron chi connectivity index (χ1n) is 9.38. The number of pyridine rings is 1. The van der Waals surface area contributed by atoms with Crippen molar-refractivity contribution in [3.05, 3.63) is 76.1 Å². The first-order valence-corrected chi connectivity index (χ1v) is 10.3. The fraction of sp³-hybridized carbons (Fsp3) is 0.174. The molecule has 0 atom stereocenters. The van der Waals surface area contributed by atoms with E-state index in [4.69, 9.17) is 9.72 Å². The van der Waals surface area contributed by atoms with E-state index >= 15 is 0 Å². The van der Waals surface area contributed by atoms with Crippen molar-refractivity contribution in [3.8, 4) is 0 Å². The molecule has 1 aromatic carbocycles. The monoisotopic (exact) mass is 404 g/mol. The number of thiophene rings is 1. The van der Waals surface area contributed by atoms with Gasteiger partial charge in [-0.05, 0) is 47.6 Å². The Bertz CT molecular complexity index is 1120. The summed E-state index contributed by atoms with van der Waals surface area (Å²) < 4.78 is 5.33. The number of para-hydroxylation sites is 1. The van der Waals surface area contributed by atoms with Gasteiger partial charge in [0.15, 0.2) is 6.61 Å². The van der Waals surface area contributed by atoms with Gasteiger partial charge >= 0.3 is 5.97 Å². The van der Waals surface area contributed by atoms with Crippen LogP contribution in [-0.2, 0) is 16.0 Å². The van der Waals surface area contributed by atoms with Crippen LogP contribution in [0.5, 0.6) is 0 Å². The molecular weight excluding hydrogens is 384 g/mol. The van der Waals surface area contributed by atoms with Crippen LogP contribution in [0.2, 0.25) is 0 Å². The van der Waals surface area contributed by atoms with Gasteiger partial charge in [-0.15, -0.1) is 17.9 Å². The zero-order valence-electron chi connectivity index (χ0n) is 15.8. The molecule has 0 bridgehead atoms. The average Bonchev–Trinajstić information content (AvgIpc) is 3.39. The van der Waals surface area contributed by atoms with Crippen LogP contribution in [-0.4, -0.2) is 30.0 Å². The Kier molecular flexibility index (Phi) is 5.53. The molecule has 0 radical (unpaired) electrons. The third-order valence-electron chi connectivity index (χ3n) is 4.78. The van der Waals surface area contributed by atoms with E-state index in [-0.39, 0.29) is 12.5 Å². The SMILES string of the molecule is C=CCNC(=O)COC(=O)c1c2c(nc3ccccc13)C(=Cc1cccs1)CC2. The first kappa shape index (κ1) is 19.1. The lowest BCUT2D eigenvalue weighted by molar-refractivity contribution is -0.124. The van der Waals surface area contributed by atoms with Crippen LogP contribution in [0, 0.1) is 0 Å². The molecule has 0 saturated heterocycles. The highest BCUT2D eigenvalue weighted by atomic mass is 32.1. The molecule has 1 amide bonds. The number of carbonyl (C=O) groups is 2. The van der Waals surface area contributed by atoms with Crippen LogP contribution >= 0.6 is 11.3 Å². The van der Waals surface area contributed by atoms with Gasteiger partial charge in [0.05, 0.1) is 16.8 Å². The summed E-state index contributed by atoms with van der Waals surface area (Å²) in [6, 6.07) is 11.6. The van der Waals surface area contributed by atoms with Gasteiger partial charge in [-0.25, -0.2) is 9.78 Å². The number of nitrogens with zero attached hydrogens (tertiary/aromatic N) is 1. The number of allylic oxidation sites excluding steroid dienone is 1. The smallest absolute Gasteiger partial charge is 0.339 e. The summed E-state index contributed by atoms with van der Waals surface area (Å²) in [5, 5.41) is 5.39. The second-order valence-corrected chi connectivity index (χ2v) is 7.66. The number of esters is 1. The molecular formula is C23H20N2O3S. The number of benzene rings is 1. The second kappa shape index (κ2) is 8.41. The predicted octanol–water partition coefficient (Wildman–Crippen LogP) is 4.24. The topological polar surface area (TPSA) is 68.3 Å². The highest BCUT2D eigenvalue weighted by Gasteiger charge is 2.27. The van der Waals surface area contributed by atoms with Gasteiger partial charge in [0.25, 0.3) is 5.91 Å². The van der Waals surface area contributed by atoms with E-state index < -0.39 is 5.97 Å². The van der Waals surface area contributed by atoms with E-state index in [2.05, 4.69) is 24.0 Å². The molecule has 1 N–H and O–H groups in total. The Morgan fingerprint density at radius 1 is 1.21 bits per heavy atom. The van der Waals surface area contributed by atoms with Crippen molar-refractivity contribution >= 4 is 45.8 Å². The quantitative estimate of drug-likeness (QED) is 0.493. The number of amides is 1. The standard InChI is InChI=1S/C23H20N2O3S/c1-2-11-24-20(26)14-28-23(27)21-17-7-3-4-8-19(17)25-22-15(9-10-18(21)22)13-16-6-5-12-29-16/h2-8,12-13H,1,9-11,14H2,(H,24,26). The van der Waals surface area contributed by atoms with Crippen molar-refractivity contribution in [1.82, 2.24) is 10.3 Å². The lowest BCUT2D eigenvalue weighted by Crippen LogP contribution is -2.29. The van der Waals surface area contributed by atoms with Gasteiger partial charge in [0, 0.05) is 16.8 Å². The second-order valence-electron chi connectivity index (χ2n) is 6.68. The fourth-order valence-corrected chi connectivity index (χ4v) is 4.18. The Morgan fingerprint density at radius 3 is 2.86 bits per heavy atom. The minimum atomic E-state index is -0.494. The lowest BCUT2D eigenvalue weighted by Gasteiger charge is -2.12. The molecule has 0 saturated carbocycles. The maximum atomic E-state index is 13.0. The van der Waals surface area contributed by atoms with Crippen LogP contribution in [0.3, 0.4) is 0 Å². The number of carbonyl (C=O) groups excluding carboxylic acids is 2. The Balaban J connectivity index is 1.71. The van der Waals surface area contributed by atoms with Crippen LogP contribution in [0.4, 0.5) is 0 Å². The van der Waals surface area contributed by atoms with Crippen molar-refractivity contribution in [2.75, 3.05) is 13.2 Å². The first-order chi connectivity index (χ1) is 14.2. The summed E-state index contributed by atoms with van der Waals surface area (Å²) in [6.07, 6.45) is 5.24. The molecule has 5 nitrogen and oxygen atoms in total. The van der Waals surface area contributed by atoms with Crippen molar-refractivity contribution in [2.45, 2.75) is 12.8 Å². The Labute approximate surface area is 172 Å². The molecule has 2 aromatic heterocycles. The van der Waals surface area contributed by atoms with E-state index in [1.807, 2.05) is 35.7 Å². The van der Waals surface area contributed by atoms with Gasteiger partial charge in [-0.3, -0.25) is 4.79 Å². The van der Waals surface area contributed by atoms with Gasteiger partial charge in [-0.1, -0.05) is 30.3 Å². The molecule has 0 unspecified atom stereocenters. The van der Waals surface area contributed by atoms with E-state index in [1.165, 1.54) is 0 Å². The maximum Gasteiger partial charge on any atom is 0.339 e. The molecule has 146 valence electrons. The number of nitrogens with one attached hydrogen (secondary N) is 1. The van der Waals surface area contributed by atoms with Gasteiger partial charge in [-0.2, -0.15) is 0 Å². The zero-order valence-corrected chi connectivity index (χ0v) is 16.6. The molecule has 6 heteroatoms. The third kappa shape index (κ3) is 3.98. The van der Waals surface area contributed by atoms with E-state index in [0.29, 0.717) is 12.1 Å². The number of hydrogen-bond donors (Lipinski definition) is 1. The van der Waals surface area contributed by atoms with Crippen molar-refractivity contribution in [2.24, 2.45) is 0 Å². The maximum absolute atomic E-state index is 13.0. The van der Waals surface area contributed by atoms with Gasteiger partial charge in [0.2, 0.25) is 0 Å². The van der Waals surface area contributed by atoms with Crippen molar-refractivity contribution in [3.63, 3.8) is 0 Å². The summed E-state index contributed by atoms with van der Waals surface area (Å²) in [7, 11) is 0. The van der Waals surface area contributed by atoms with E-state index in [9.17, 15) is 9.59 Å². The lowest BCUT2D eigenvalue weighted by atomic mass is 10.0. The minimum absolute atomic E-state index is 0.323. The minimum Gasteiger partial charge on any atom is -0.452 e. The largest absolute Gasteiger partial charge is 0.452 e. The average molecular weight is 404 g/mol. The molecule has 1 aliphatic rings.